The van der Waals surface area contributed by atoms with E-state index < -0.39 is 22.0 Å². The Morgan fingerprint density at radius 3 is 1.86 bits per heavy atom. The molecule has 36 heavy (non-hydrogen) atoms. The molecule has 0 atom stereocenters. The van der Waals surface area contributed by atoms with Crippen LogP contribution in [0.1, 0.15) is 81.7 Å². The summed E-state index contributed by atoms with van der Waals surface area (Å²) in [4.78, 5) is 12.4. The number of ketones is 1. The third-order valence-electron chi connectivity index (χ3n) is 6.84. The van der Waals surface area contributed by atoms with Gasteiger partial charge in [0, 0.05) is 17.3 Å². The van der Waals surface area contributed by atoms with Crippen molar-refractivity contribution in [1.29, 1.82) is 0 Å². The zero-order valence-corrected chi connectivity index (χ0v) is 23.0. The van der Waals surface area contributed by atoms with Crippen molar-refractivity contribution in [3.63, 3.8) is 0 Å². The number of hydrogen-bond acceptors (Lipinski definition) is 4. The lowest BCUT2D eigenvalue weighted by atomic mass is 9.69. The van der Waals surface area contributed by atoms with Crippen LogP contribution in [-0.4, -0.2) is 26.1 Å². The van der Waals surface area contributed by atoms with Gasteiger partial charge in [-0.2, -0.15) is 21.6 Å². The first-order chi connectivity index (χ1) is 16.4. The number of carbonyl (C=O) groups excluding carboxylic acids is 1. The summed E-state index contributed by atoms with van der Waals surface area (Å²) in [5.74, 6) is -1.93. The summed E-state index contributed by atoms with van der Waals surface area (Å²) in [7, 11) is -4.81. The van der Waals surface area contributed by atoms with Gasteiger partial charge in [0.15, 0.2) is 5.75 Å². The van der Waals surface area contributed by atoms with E-state index in [9.17, 15) is 26.4 Å². The maximum atomic E-state index is 12.6. The van der Waals surface area contributed by atoms with E-state index in [4.69, 9.17) is 4.18 Å². The molecule has 0 saturated heterocycles. The number of hydrogen-bond donors (Lipinski definition) is 0. The molecule has 8 heteroatoms. The van der Waals surface area contributed by atoms with E-state index in [1.54, 1.807) is 19.1 Å². The standard InChI is InChI=1S/C28H37F3O4S/c1-8-27(9-2,22-12-10-21(19(3)16-22)11-15-25(32)26(5,6)7)23-13-14-24(20(4)17-23)35-36(33,34)18-28(29,30)31/h10,12-14,16-17H,8-9,11,15,18H2,1-7H3. The Balaban J connectivity index is 2.38. The molecular weight excluding hydrogens is 489 g/mol. The van der Waals surface area contributed by atoms with Gasteiger partial charge in [0.25, 0.3) is 0 Å². The van der Waals surface area contributed by atoms with Crippen LogP contribution < -0.4 is 4.18 Å². The zero-order valence-electron chi connectivity index (χ0n) is 22.2. The van der Waals surface area contributed by atoms with Gasteiger partial charge in [0.2, 0.25) is 0 Å². The van der Waals surface area contributed by atoms with Gasteiger partial charge >= 0.3 is 16.3 Å². The van der Waals surface area contributed by atoms with Crippen molar-refractivity contribution in [1.82, 2.24) is 0 Å². The number of aryl methyl sites for hydroxylation is 3. The Labute approximate surface area is 213 Å². The van der Waals surface area contributed by atoms with Crippen molar-refractivity contribution in [2.24, 2.45) is 5.41 Å². The molecule has 0 aliphatic rings. The third kappa shape index (κ3) is 7.34. The molecule has 0 fully saturated rings. The van der Waals surface area contributed by atoms with Gasteiger partial charge in [-0.15, -0.1) is 0 Å². The van der Waals surface area contributed by atoms with Crippen molar-refractivity contribution in [2.45, 2.75) is 85.7 Å². The average molecular weight is 527 g/mol. The Bertz CT molecular complexity index is 1190. The molecule has 0 amide bonds. The van der Waals surface area contributed by atoms with Gasteiger partial charge in [-0.05, 0) is 67.0 Å². The molecule has 0 unspecified atom stereocenters. The maximum absolute atomic E-state index is 12.6. The highest BCUT2D eigenvalue weighted by molar-refractivity contribution is 7.87. The second-order valence-corrected chi connectivity index (χ2v) is 12.1. The number of alkyl halides is 3. The summed E-state index contributed by atoms with van der Waals surface area (Å²) in [6.07, 6.45) is -2.21. The van der Waals surface area contributed by atoms with Crippen LogP contribution in [0.25, 0.3) is 0 Å². The van der Waals surface area contributed by atoms with E-state index >= 15 is 0 Å². The first kappa shape index (κ1) is 29.9. The van der Waals surface area contributed by atoms with E-state index in [1.165, 1.54) is 6.07 Å². The van der Waals surface area contributed by atoms with E-state index in [2.05, 4.69) is 32.0 Å². The summed E-state index contributed by atoms with van der Waals surface area (Å²) >= 11 is 0. The first-order valence-electron chi connectivity index (χ1n) is 12.2. The van der Waals surface area contributed by atoms with Gasteiger partial charge in [-0.3, -0.25) is 4.79 Å². The van der Waals surface area contributed by atoms with E-state index in [0.29, 0.717) is 18.4 Å². The molecule has 0 spiro atoms. The Kier molecular flexibility index (Phi) is 9.09. The predicted octanol–water partition coefficient (Wildman–Crippen LogP) is 7.23. The van der Waals surface area contributed by atoms with E-state index in [-0.39, 0.29) is 22.4 Å². The summed E-state index contributed by atoms with van der Waals surface area (Å²) < 4.78 is 66.2. The highest BCUT2D eigenvalue weighted by Crippen LogP contribution is 2.41. The summed E-state index contributed by atoms with van der Waals surface area (Å²) in [5.41, 5.74) is 3.93. The van der Waals surface area contributed by atoms with Gasteiger partial charge in [0.05, 0.1) is 0 Å². The molecule has 200 valence electrons. The lowest BCUT2D eigenvalue weighted by Gasteiger charge is -2.34. The molecule has 0 aliphatic carbocycles. The van der Waals surface area contributed by atoms with Crippen LogP contribution >= 0.6 is 0 Å². The van der Waals surface area contributed by atoms with Crippen molar-refractivity contribution >= 4 is 15.9 Å². The molecule has 4 nitrogen and oxygen atoms in total. The first-order valence-corrected chi connectivity index (χ1v) is 13.7. The summed E-state index contributed by atoms with van der Waals surface area (Å²) in [5, 5.41) is 0. The molecule has 0 aromatic heterocycles. The second kappa shape index (κ2) is 11.0. The number of carbonyl (C=O) groups is 1. The minimum Gasteiger partial charge on any atom is -0.382 e. The monoisotopic (exact) mass is 526 g/mol. The lowest BCUT2D eigenvalue weighted by molar-refractivity contribution is -0.126. The highest BCUT2D eigenvalue weighted by atomic mass is 32.2. The minimum absolute atomic E-state index is 0.112. The normalized spacial score (nSPS) is 13.1. The van der Waals surface area contributed by atoms with E-state index in [0.717, 1.165) is 35.1 Å². The largest absolute Gasteiger partial charge is 0.406 e. The fourth-order valence-corrected chi connectivity index (χ4v) is 5.46. The predicted molar refractivity (Wildman–Crippen MR) is 137 cm³/mol. The van der Waals surface area contributed by atoms with Gasteiger partial charge in [-0.1, -0.05) is 65.0 Å². The van der Waals surface area contributed by atoms with Crippen LogP contribution in [0.3, 0.4) is 0 Å². The van der Waals surface area contributed by atoms with Gasteiger partial charge in [0.1, 0.15) is 11.5 Å². The van der Waals surface area contributed by atoms with Crippen molar-refractivity contribution in [2.75, 3.05) is 5.75 Å². The number of rotatable bonds is 10. The third-order valence-corrected chi connectivity index (χ3v) is 7.96. The Morgan fingerprint density at radius 1 is 0.889 bits per heavy atom. The molecule has 0 saturated carbocycles. The molecule has 0 aliphatic heterocycles. The number of halogens is 3. The van der Waals surface area contributed by atoms with Crippen molar-refractivity contribution < 1.29 is 30.6 Å². The van der Waals surface area contributed by atoms with Crippen molar-refractivity contribution in [3.8, 4) is 5.75 Å². The number of benzene rings is 2. The maximum Gasteiger partial charge on any atom is 0.406 e. The SMILES string of the molecule is CCC(CC)(c1ccc(CCC(=O)C(C)(C)C)c(C)c1)c1ccc(OS(=O)(=O)CC(F)(F)F)c(C)c1. The second-order valence-electron chi connectivity index (χ2n) is 10.5. The quantitative estimate of drug-likeness (QED) is 0.307. The molecule has 0 bridgehead atoms. The van der Waals surface area contributed by atoms with Gasteiger partial charge in [-0.25, -0.2) is 0 Å². The zero-order chi connectivity index (χ0) is 27.5. The Hall–Kier alpha value is -2.35. The lowest BCUT2D eigenvalue weighted by Crippen LogP contribution is -2.27. The van der Waals surface area contributed by atoms with Crippen LogP contribution in [0.15, 0.2) is 36.4 Å². The molecule has 2 aromatic carbocycles. The smallest absolute Gasteiger partial charge is 0.382 e. The minimum atomic E-state index is -4.88. The van der Waals surface area contributed by atoms with E-state index in [1.807, 2.05) is 27.7 Å². The number of Topliss-reactive ketones (excluding diaryl/α,β-unsaturated/α-hetero) is 1. The fourth-order valence-electron chi connectivity index (χ4n) is 4.54. The molecule has 2 aromatic rings. The summed E-state index contributed by atoms with van der Waals surface area (Å²) in [6.45, 7) is 13.6. The molecule has 0 heterocycles. The Morgan fingerprint density at radius 2 is 1.42 bits per heavy atom. The molecular formula is C28H37F3O4S. The highest BCUT2D eigenvalue weighted by Gasteiger charge is 2.37. The fraction of sp³-hybridized carbons (Fsp3) is 0.536. The molecule has 0 radical (unpaired) electrons. The summed E-state index contributed by atoms with van der Waals surface area (Å²) in [6, 6.07) is 11.2. The van der Waals surface area contributed by atoms with Crippen LogP contribution in [0, 0.1) is 19.3 Å². The van der Waals surface area contributed by atoms with Crippen LogP contribution in [0.5, 0.6) is 5.75 Å². The van der Waals surface area contributed by atoms with Gasteiger partial charge < -0.3 is 4.18 Å². The average Bonchev–Trinajstić information content (AvgIpc) is 2.73. The van der Waals surface area contributed by atoms with Crippen LogP contribution in [0.4, 0.5) is 13.2 Å². The topological polar surface area (TPSA) is 60.4 Å². The molecule has 0 N–H and O–H groups in total. The van der Waals surface area contributed by atoms with Crippen LogP contribution in [-0.2, 0) is 26.7 Å². The van der Waals surface area contributed by atoms with Crippen LogP contribution in [0.2, 0.25) is 0 Å². The molecule has 2 rings (SSSR count). The van der Waals surface area contributed by atoms with Crippen molar-refractivity contribution in [3.05, 3.63) is 64.2 Å².